The number of nitrogens with one attached hydrogen (secondary N) is 1. The van der Waals surface area contributed by atoms with Gasteiger partial charge >= 0.3 is 0 Å². The van der Waals surface area contributed by atoms with Crippen molar-refractivity contribution in [3.63, 3.8) is 0 Å². The number of benzene rings is 4. The monoisotopic (exact) mass is 542 g/mol. The number of hydrogen-bond donors (Lipinski definition) is 1. The molecule has 4 aromatic rings. The quantitative estimate of drug-likeness (QED) is 0.253. The van der Waals surface area contributed by atoms with Crippen LogP contribution in [0.5, 0.6) is 11.5 Å². The van der Waals surface area contributed by atoms with Gasteiger partial charge in [0.15, 0.2) is 0 Å². The third kappa shape index (κ3) is 7.39. The van der Waals surface area contributed by atoms with Gasteiger partial charge in [-0.05, 0) is 47.0 Å². The van der Waals surface area contributed by atoms with Crippen molar-refractivity contribution in [3.8, 4) is 11.5 Å². The van der Waals surface area contributed by atoms with Crippen molar-refractivity contribution in [3.05, 3.63) is 130 Å². The van der Waals surface area contributed by atoms with E-state index in [0.717, 1.165) is 16.7 Å². The van der Waals surface area contributed by atoms with Crippen LogP contribution in [0, 0.1) is 0 Å². The van der Waals surface area contributed by atoms with Gasteiger partial charge in [-0.3, -0.25) is 9.59 Å². The lowest BCUT2D eigenvalue weighted by molar-refractivity contribution is -0.141. The SMILES string of the molecule is COc1ccc(CN(C(=O)Cc2ccc(Cl)cc2)[C@H](C(=O)NCc2ccccc2OC)c2ccccc2)cc1. The lowest BCUT2D eigenvalue weighted by Gasteiger charge is -2.32. The van der Waals surface area contributed by atoms with Gasteiger partial charge in [0, 0.05) is 23.7 Å². The van der Waals surface area contributed by atoms with E-state index in [-0.39, 0.29) is 31.3 Å². The zero-order chi connectivity index (χ0) is 27.6. The van der Waals surface area contributed by atoms with Gasteiger partial charge in [-0.1, -0.05) is 84.4 Å². The number of para-hydroxylation sites is 1. The van der Waals surface area contributed by atoms with Crippen LogP contribution < -0.4 is 14.8 Å². The molecule has 0 aromatic heterocycles. The summed E-state index contributed by atoms with van der Waals surface area (Å²) in [5, 5.41) is 3.63. The molecule has 6 nitrogen and oxygen atoms in total. The van der Waals surface area contributed by atoms with E-state index in [9.17, 15) is 9.59 Å². The Labute approximate surface area is 234 Å². The normalized spacial score (nSPS) is 11.4. The molecule has 0 aliphatic carbocycles. The summed E-state index contributed by atoms with van der Waals surface area (Å²) in [5.74, 6) is 0.925. The van der Waals surface area contributed by atoms with Gasteiger partial charge in [0.1, 0.15) is 17.5 Å². The van der Waals surface area contributed by atoms with Gasteiger partial charge in [-0.2, -0.15) is 0 Å². The summed E-state index contributed by atoms with van der Waals surface area (Å²) in [5.41, 5.74) is 3.24. The average molecular weight is 543 g/mol. The van der Waals surface area contributed by atoms with Crippen LogP contribution in [0.3, 0.4) is 0 Å². The minimum absolute atomic E-state index is 0.121. The lowest BCUT2D eigenvalue weighted by atomic mass is 10.0. The summed E-state index contributed by atoms with van der Waals surface area (Å²) in [7, 11) is 3.20. The largest absolute Gasteiger partial charge is 0.497 e. The minimum Gasteiger partial charge on any atom is -0.497 e. The van der Waals surface area contributed by atoms with Crippen LogP contribution in [-0.2, 0) is 29.1 Å². The molecule has 0 bridgehead atoms. The number of carbonyl (C=O) groups excluding carboxylic acids is 2. The minimum atomic E-state index is -0.859. The van der Waals surface area contributed by atoms with E-state index in [1.807, 2.05) is 91.0 Å². The van der Waals surface area contributed by atoms with Crippen LogP contribution in [-0.4, -0.2) is 30.9 Å². The second kappa shape index (κ2) is 13.5. The molecule has 0 saturated heterocycles. The topological polar surface area (TPSA) is 67.9 Å². The number of hydrogen-bond acceptors (Lipinski definition) is 4. The molecule has 0 fully saturated rings. The fourth-order valence-electron chi connectivity index (χ4n) is 4.37. The van der Waals surface area contributed by atoms with Crippen LogP contribution in [0.1, 0.15) is 28.3 Å². The number of methoxy groups -OCH3 is 2. The number of carbonyl (C=O) groups is 2. The standard InChI is InChI=1S/C32H31ClN2O4/c1-38-28-18-14-24(15-19-28)22-35(30(36)20-23-12-16-27(33)17-13-23)31(25-8-4-3-5-9-25)32(37)34-21-26-10-6-7-11-29(26)39-2/h3-19,31H,20-22H2,1-2H3,(H,34,37)/t31-/m0/s1. The van der Waals surface area contributed by atoms with Crippen molar-refractivity contribution in [2.75, 3.05) is 14.2 Å². The summed E-state index contributed by atoms with van der Waals surface area (Å²) < 4.78 is 10.7. The highest BCUT2D eigenvalue weighted by atomic mass is 35.5. The van der Waals surface area contributed by atoms with E-state index in [4.69, 9.17) is 21.1 Å². The van der Waals surface area contributed by atoms with Crippen molar-refractivity contribution in [1.82, 2.24) is 10.2 Å². The van der Waals surface area contributed by atoms with E-state index in [1.165, 1.54) is 0 Å². The summed E-state index contributed by atoms with van der Waals surface area (Å²) in [6, 6.07) is 30.7. The smallest absolute Gasteiger partial charge is 0.247 e. The summed E-state index contributed by atoms with van der Waals surface area (Å²) in [4.78, 5) is 29.4. The first-order valence-electron chi connectivity index (χ1n) is 12.6. The van der Waals surface area contributed by atoms with Crippen LogP contribution in [0.25, 0.3) is 0 Å². The molecule has 1 N–H and O–H groups in total. The van der Waals surface area contributed by atoms with Crippen molar-refractivity contribution in [2.45, 2.75) is 25.6 Å². The highest BCUT2D eigenvalue weighted by Crippen LogP contribution is 2.26. The maximum Gasteiger partial charge on any atom is 0.247 e. The summed E-state index contributed by atoms with van der Waals surface area (Å²) in [6.45, 7) is 0.492. The maximum atomic E-state index is 13.9. The molecule has 1 atom stereocenters. The number of nitrogens with zero attached hydrogens (tertiary/aromatic N) is 1. The first-order chi connectivity index (χ1) is 19.0. The van der Waals surface area contributed by atoms with Crippen LogP contribution in [0.2, 0.25) is 5.02 Å². The summed E-state index contributed by atoms with van der Waals surface area (Å²) in [6.07, 6.45) is 0.121. The molecule has 0 unspecified atom stereocenters. The van der Waals surface area contributed by atoms with Crippen LogP contribution >= 0.6 is 11.6 Å². The van der Waals surface area contributed by atoms with Crippen molar-refractivity contribution >= 4 is 23.4 Å². The number of halogens is 1. The Morgan fingerprint density at radius 2 is 1.44 bits per heavy atom. The molecule has 0 spiro atoms. The van der Waals surface area contributed by atoms with E-state index in [1.54, 1.807) is 31.3 Å². The second-order valence-electron chi connectivity index (χ2n) is 9.02. The average Bonchev–Trinajstić information content (AvgIpc) is 2.98. The van der Waals surface area contributed by atoms with Gasteiger partial charge in [-0.15, -0.1) is 0 Å². The second-order valence-corrected chi connectivity index (χ2v) is 9.45. The Kier molecular flexibility index (Phi) is 9.59. The Morgan fingerprint density at radius 1 is 0.795 bits per heavy atom. The van der Waals surface area contributed by atoms with Gasteiger partial charge in [0.25, 0.3) is 0 Å². The molecule has 0 heterocycles. The molecule has 39 heavy (non-hydrogen) atoms. The lowest BCUT2D eigenvalue weighted by Crippen LogP contribution is -2.43. The molecule has 2 amide bonds. The zero-order valence-corrected chi connectivity index (χ0v) is 22.7. The third-order valence-corrected chi connectivity index (χ3v) is 6.67. The number of rotatable bonds is 11. The van der Waals surface area contributed by atoms with Gasteiger partial charge in [0.2, 0.25) is 11.8 Å². The molecule has 4 rings (SSSR count). The number of ether oxygens (including phenoxy) is 2. The molecule has 4 aromatic carbocycles. The van der Waals surface area contributed by atoms with Gasteiger partial charge in [-0.25, -0.2) is 0 Å². The van der Waals surface area contributed by atoms with Crippen molar-refractivity contribution < 1.29 is 19.1 Å². The molecule has 0 saturated carbocycles. The predicted molar refractivity (Wildman–Crippen MR) is 153 cm³/mol. The fraction of sp³-hybridized carbons (Fsp3) is 0.188. The van der Waals surface area contributed by atoms with E-state index >= 15 is 0 Å². The Balaban J connectivity index is 1.68. The Hall–Kier alpha value is -4.29. The van der Waals surface area contributed by atoms with Crippen LogP contribution in [0.15, 0.2) is 103 Å². The van der Waals surface area contributed by atoms with Gasteiger partial charge < -0.3 is 19.7 Å². The fourth-order valence-corrected chi connectivity index (χ4v) is 4.49. The Bertz CT molecular complexity index is 1380. The van der Waals surface area contributed by atoms with Crippen LogP contribution in [0.4, 0.5) is 0 Å². The molecule has 200 valence electrons. The maximum absolute atomic E-state index is 13.9. The van der Waals surface area contributed by atoms with Crippen molar-refractivity contribution in [2.24, 2.45) is 0 Å². The highest BCUT2D eigenvalue weighted by Gasteiger charge is 2.31. The molecule has 0 aliphatic rings. The zero-order valence-electron chi connectivity index (χ0n) is 22.0. The van der Waals surface area contributed by atoms with E-state index < -0.39 is 6.04 Å². The van der Waals surface area contributed by atoms with Crippen molar-refractivity contribution in [1.29, 1.82) is 0 Å². The molecular formula is C32H31ClN2O4. The molecular weight excluding hydrogens is 512 g/mol. The molecule has 7 heteroatoms. The Morgan fingerprint density at radius 3 is 2.10 bits per heavy atom. The van der Waals surface area contributed by atoms with Gasteiger partial charge in [0.05, 0.1) is 20.6 Å². The molecule has 0 radical (unpaired) electrons. The molecule has 0 aliphatic heterocycles. The third-order valence-electron chi connectivity index (χ3n) is 6.42. The first-order valence-corrected chi connectivity index (χ1v) is 13.0. The van der Waals surface area contributed by atoms with E-state index in [2.05, 4.69) is 5.32 Å². The first kappa shape index (κ1) is 27.7. The van der Waals surface area contributed by atoms with E-state index in [0.29, 0.717) is 22.1 Å². The highest BCUT2D eigenvalue weighted by molar-refractivity contribution is 6.30. The predicted octanol–water partition coefficient (Wildman–Crippen LogP) is 5.99. The summed E-state index contributed by atoms with van der Waals surface area (Å²) >= 11 is 6.05. The number of amides is 2.